The lowest BCUT2D eigenvalue weighted by Gasteiger charge is -2.13. The standard InChI is InChI=1S/C15H16N4O2/c1-2-3-9-17-12-13(16)19(15(21)18-14(12)20)10-11-7-5-4-6-8-11/h1,4-8,17H,3,9-10,16H2,(H,18,20,21). The molecule has 4 N–H and O–H groups in total. The van der Waals surface area contributed by atoms with Crippen LogP contribution in [0.1, 0.15) is 12.0 Å². The summed E-state index contributed by atoms with van der Waals surface area (Å²) in [4.78, 5) is 26.0. The van der Waals surface area contributed by atoms with Crippen LogP contribution in [0.15, 0.2) is 39.9 Å². The first-order valence-electron chi connectivity index (χ1n) is 6.47. The third-order valence-corrected chi connectivity index (χ3v) is 2.99. The molecule has 21 heavy (non-hydrogen) atoms. The summed E-state index contributed by atoms with van der Waals surface area (Å²) in [7, 11) is 0. The monoisotopic (exact) mass is 284 g/mol. The van der Waals surface area contributed by atoms with Gasteiger partial charge in [-0.25, -0.2) is 4.79 Å². The molecule has 0 aliphatic carbocycles. The fourth-order valence-electron chi connectivity index (χ4n) is 1.94. The minimum atomic E-state index is -0.543. The molecule has 6 nitrogen and oxygen atoms in total. The van der Waals surface area contributed by atoms with Gasteiger partial charge >= 0.3 is 5.69 Å². The molecule has 0 atom stereocenters. The van der Waals surface area contributed by atoms with Crippen LogP contribution in [-0.4, -0.2) is 16.1 Å². The first-order chi connectivity index (χ1) is 10.1. The van der Waals surface area contributed by atoms with Crippen molar-refractivity contribution in [2.24, 2.45) is 0 Å². The number of nitrogens with two attached hydrogens (primary N) is 1. The fourth-order valence-corrected chi connectivity index (χ4v) is 1.94. The average Bonchev–Trinajstić information content (AvgIpc) is 2.48. The zero-order valence-corrected chi connectivity index (χ0v) is 11.4. The Kier molecular flexibility index (Phi) is 4.46. The van der Waals surface area contributed by atoms with Crippen molar-refractivity contribution in [2.75, 3.05) is 17.6 Å². The highest BCUT2D eigenvalue weighted by molar-refractivity contribution is 5.60. The molecule has 6 heteroatoms. The molecule has 0 saturated heterocycles. The lowest BCUT2D eigenvalue weighted by molar-refractivity contribution is 0.733. The molecular weight excluding hydrogens is 268 g/mol. The Morgan fingerprint density at radius 2 is 2.00 bits per heavy atom. The van der Waals surface area contributed by atoms with Gasteiger partial charge in [-0.05, 0) is 5.56 Å². The van der Waals surface area contributed by atoms with E-state index in [0.29, 0.717) is 13.0 Å². The van der Waals surface area contributed by atoms with E-state index in [9.17, 15) is 9.59 Å². The number of aromatic nitrogens is 2. The van der Waals surface area contributed by atoms with Crippen LogP contribution in [0.5, 0.6) is 0 Å². The van der Waals surface area contributed by atoms with E-state index in [4.69, 9.17) is 12.2 Å². The number of hydrogen-bond donors (Lipinski definition) is 3. The maximum absolute atomic E-state index is 11.9. The average molecular weight is 284 g/mol. The molecule has 1 aromatic heterocycles. The van der Waals surface area contributed by atoms with E-state index in [1.165, 1.54) is 4.57 Å². The number of nitrogen functional groups attached to an aromatic ring is 1. The van der Waals surface area contributed by atoms with Crippen LogP contribution in [0.3, 0.4) is 0 Å². The van der Waals surface area contributed by atoms with Crippen LogP contribution >= 0.6 is 0 Å². The van der Waals surface area contributed by atoms with Gasteiger partial charge in [0.2, 0.25) is 0 Å². The molecule has 2 aromatic rings. The van der Waals surface area contributed by atoms with E-state index in [2.05, 4.69) is 16.2 Å². The molecule has 0 saturated carbocycles. The van der Waals surface area contributed by atoms with Crippen molar-refractivity contribution in [3.63, 3.8) is 0 Å². The summed E-state index contributed by atoms with van der Waals surface area (Å²) in [6.45, 7) is 0.694. The Balaban J connectivity index is 2.37. The Morgan fingerprint density at radius 1 is 1.29 bits per heavy atom. The van der Waals surface area contributed by atoms with Crippen LogP contribution < -0.4 is 22.3 Å². The summed E-state index contributed by atoms with van der Waals surface area (Å²) < 4.78 is 1.31. The summed E-state index contributed by atoms with van der Waals surface area (Å²) >= 11 is 0. The Labute approximate surface area is 121 Å². The number of benzene rings is 1. The highest BCUT2D eigenvalue weighted by Gasteiger charge is 2.11. The number of H-pyrrole nitrogens is 1. The lowest BCUT2D eigenvalue weighted by Crippen LogP contribution is -2.34. The van der Waals surface area contributed by atoms with Crippen molar-refractivity contribution in [1.82, 2.24) is 9.55 Å². The van der Waals surface area contributed by atoms with Crippen molar-refractivity contribution in [3.8, 4) is 12.3 Å². The van der Waals surface area contributed by atoms with E-state index in [1.54, 1.807) is 0 Å². The molecule has 0 spiro atoms. The molecule has 108 valence electrons. The lowest BCUT2D eigenvalue weighted by atomic mass is 10.2. The first kappa shape index (κ1) is 14.5. The van der Waals surface area contributed by atoms with Crippen LogP contribution in [0, 0.1) is 12.3 Å². The van der Waals surface area contributed by atoms with E-state index in [1.807, 2.05) is 30.3 Å². The summed E-state index contributed by atoms with van der Waals surface area (Å²) in [6.07, 6.45) is 5.62. The second kappa shape index (κ2) is 6.48. The predicted octanol–water partition coefficient (Wildman–Crippen LogP) is 0.602. The molecule has 0 aliphatic heterocycles. The van der Waals surface area contributed by atoms with Crippen LogP contribution in [0.2, 0.25) is 0 Å². The van der Waals surface area contributed by atoms with Crippen LogP contribution in [-0.2, 0) is 6.54 Å². The SMILES string of the molecule is C#CCCNc1c(N)n(Cc2ccccc2)c(=O)[nH]c1=O. The molecule has 1 aromatic carbocycles. The van der Waals surface area contributed by atoms with E-state index >= 15 is 0 Å². The summed E-state index contributed by atoms with van der Waals surface area (Å²) in [5.74, 6) is 2.56. The van der Waals surface area contributed by atoms with E-state index in [0.717, 1.165) is 5.56 Å². The van der Waals surface area contributed by atoms with Gasteiger partial charge in [0.25, 0.3) is 5.56 Å². The van der Waals surface area contributed by atoms with Gasteiger partial charge in [-0.3, -0.25) is 14.3 Å². The second-order valence-electron chi connectivity index (χ2n) is 4.47. The van der Waals surface area contributed by atoms with Crippen molar-refractivity contribution < 1.29 is 0 Å². The quantitative estimate of drug-likeness (QED) is 0.554. The second-order valence-corrected chi connectivity index (χ2v) is 4.47. The summed E-state index contributed by atoms with van der Waals surface area (Å²) in [5.41, 5.74) is 5.94. The Hall–Kier alpha value is -2.94. The summed E-state index contributed by atoms with van der Waals surface area (Å²) in [6, 6.07) is 9.38. The van der Waals surface area contributed by atoms with Crippen molar-refractivity contribution >= 4 is 11.5 Å². The minimum absolute atomic E-state index is 0.102. The van der Waals surface area contributed by atoms with Crippen LogP contribution in [0.4, 0.5) is 11.5 Å². The van der Waals surface area contributed by atoms with Gasteiger partial charge in [0.1, 0.15) is 11.5 Å². The maximum atomic E-state index is 11.9. The summed E-state index contributed by atoms with van der Waals surface area (Å²) in [5, 5.41) is 2.86. The molecular formula is C15H16N4O2. The number of hydrogen-bond acceptors (Lipinski definition) is 4. The molecule has 0 radical (unpaired) electrons. The largest absolute Gasteiger partial charge is 0.383 e. The Morgan fingerprint density at radius 3 is 2.67 bits per heavy atom. The molecule has 0 bridgehead atoms. The molecule has 0 aliphatic rings. The third kappa shape index (κ3) is 3.34. The smallest absolute Gasteiger partial charge is 0.330 e. The highest BCUT2D eigenvalue weighted by Crippen LogP contribution is 2.12. The third-order valence-electron chi connectivity index (χ3n) is 2.99. The molecule has 1 heterocycles. The molecule has 0 unspecified atom stereocenters. The normalized spacial score (nSPS) is 10.0. The van der Waals surface area contributed by atoms with Crippen molar-refractivity contribution in [3.05, 3.63) is 56.7 Å². The van der Waals surface area contributed by atoms with Crippen LogP contribution in [0.25, 0.3) is 0 Å². The predicted molar refractivity (Wildman–Crippen MR) is 83.2 cm³/mol. The maximum Gasteiger partial charge on any atom is 0.330 e. The van der Waals surface area contributed by atoms with Gasteiger partial charge in [-0.1, -0.05) is 30.3 Å². The van der Waals surface area contributed by atoms with Gasteiger partial charge in [-0.2, -0.15) is 0 Å². The highest BCUT2D eigenvalue weighted by atomic mass is 16.2. The molecule has 2 rings (SSSR count). The molecule has 0 fully saturated rings. The first-order valence-corrected chi connectivity index (χ1v) is 6.47. The van der Waals surface area contributed by atoms with Gasteiger partial charge in [0, 0.05) is 13.0 Å². The zero-order valence-electron chi connectivity index (χ0n) is 11.4. The molecule has 0 amide bonds. The number of aromatic amines is 1. The number of rotatable bonds is 5. The van der Waals surface area contributed by atoms with E-state index in [-0.39, 0.29) is 18.1 Å². The van der Waals surface area contributed by atoms with E-state index < -0.39 is 11.2 Å². The Bertz CT molecular complexity index is 769. The zero-order chi connectivity index (χ0) is 15.2. The number of anilines is 2. The minimum Gasteiger partial charge on any atom is -0.383 e. The van der Waals surface area contributed by atoms with Crippen molar-refractivity contribution in [1.29, 1.82) is 0 Å². The van der Waals surface area contributed by atoms with Gasteiger partial charge in [0.15, 0.2) is 0 Å². The van der Waals surface area contributed by atoms with Gasteiger partial charge < -0.3 is 11.1 Å². The fraction of sp³-hybridized carbons (Fsp3) is 0.200. The van der Waals surface area contributed by atoms with Gasteiger partial charge in [-0.15, -0.1) is 12.3 Å². The number of nitrogens with one attached hydrogen (secondary N) is 2. The number of terminal acetylenes is 1. The van der Waals surface area contributed by atoms with Gasteiger partial charge in [0.05, 0.1) is 6.54 Å². The van der Waals surface area contributed by atoms with Crippen molar-refractivity contribution in [2.45, 2.75) is 13.0 Å². The number of nitrogens with zero attached hydrogens (tertiary/aromatic N) is 1. The topological polar surface area (TPSA) is 92.9 Å².